The van der Waals surface area contributed by atoms with Gasteiger partial charge in [0.15, 0.2) is 5.69 Å². The highest BCUT2D eigenvalue weighted by molar-refractivity contribution is 6.31. The molecule has 0 atom stereocenters. The molecule has 1 aromatic heterocycles. The molecule has 0 bridgehead atoms. The first-order valence-corrected chi connectivity index (χ1v) is 8.18. The number of rotatable bonds is 6. The Morgan fingerprint density at radius 3 is 2.69 bits per heavy atom. The molecule has 6 nitrogen and oxygen atoms in total. The van der Waals surface area contributed by atoms with Crippen molar-refractivity contribution < 1.29 is 14.2 Å². The van der Waals surface area contributed by atoms with E-state index in [9.17, 15) is 10.1 Å². The molecule has 0 amide bonds. The molecule has 3 rings (SSSR count). The zero-order valence-electron chi connectivity index (χ0n) is 13.9. The lowest BCUT2D eigenvalue weighted by molar-refractivity contribution is -0.386. The average molecular weight is 371 g/mol. The van der Waals surface area contributed by atoms with Crippen molar-refractivity contribution in [1.82, 2.24) is 5.16 Å². The fourth-order valence-corrected chi connectivity index (χ4v) is 2.59. The molecular formula is C19H15ClN2O4. The van der Waals surface area contributed by atoms with Gasteiger partial charge in [-0.1, -0.05) is 53.2 Å². The van der Waals surface area contributed by atoms with E-state index in [-0.39, 0.29) is 17.1 Å². The summed E-state index contributed by atoms with van der Waals surface area (Å²) < 4.78 is 10.9. The van der Waals surface area contributed by atoms with Gasteiger partial charge in [-0.2, -0.15) is 0 Å². The molecule has 0 fully saturated rings. The van der Waals surface area contributed by atoms with Crippen LogP contribution >= 0.6 is 11.6 Å². The second-order valence-electron chi connectivity index (χ2n) is 5.49. The van der Waals surface area contributed by atoms with Crippen molar-refractivity contribution in [3.05, 3.63) is 86.2 Å². The zero-order valence-corrected chi connectivity index (χ0v) is 14.6. The number of aryl methyl sites for hydroxylation is 1. The van der Waals surface area contributed by atoms with Crippen molar-refractivity contribution in [2.75, 3.05) is 0 Å². The maximum Gasteiger partial charge on any atom is 0.338 e. The Morgan fingerprint density at radius 1 is 1.19 bits per heavy atom. The van der Waals surface area contributed by atoms with Gasteiger partial charge in [-0.05, 0) is 31.2 Å². The van der Waals surface area contributed by atoms with Crippen LogP contribution in [0.2, 0.25) is 5.02 Å². The molecule has 0 saturated carbocycles. The SMILES string of the molecule is Cc1noc(/C=C\c2ccccc2OCc2ccccc2Cl)c1[N+](=O)[O-]. The van der Waals surface area contributed by atoms with Crippen LogP contribution in [-0.2, 0) is 6.61 Å². The van der Waals surface area contributed by atoms with E-state index in [1.165, 1.54) is 13.0 Å². The molecule has 0 spiro atoms. The highest BCUT2D eigenvalue weighted by atomic mass is 35.5. The van der Waals surface area contributed by atoms with Gasteiger partial charge in [0.05, 0.1) is 4.92 Å². The van der Waals surface area contributed by atoms with Gasteiger partial charge in [0.2, 0.25) is 5.76 Å². The summed E-state index contributed by atoms with van der Waals surface area (Å²) in [6.45, 7) is 1.84. The van der Waals surface area contributed by atoms with E-state index >= 15 is 0 Å². The largest absolute Gasteiger partial charge is 0.488 e. The van der Waals surface area contributed by atoms with Gasteiger partial charge >= 0.3 is 5.69 Å². The predicted molar refractivity (Wildman–Crippen MR) is 99.0 cm³/mol. The molecule has 2 aromatic carbocycles. The number of hydrogen-bond donors (Lipinski definition) is 0. The molecule has 7 heteroatoms. The fourth-order valence-electron chi connectivity index (χ4n) is 2.40. The van der Waals surface area contributed by atoms with Crippen LogP contribution in [0.3, 0.4) is 0 Å². The second kappa shape index (κ2) is 7.84. The Labute approximate surface area is 154 Å². The minimum absolute atomic E-state index is 0.0911. The fraction of sp³-hybridized carbons (Fsp3) is 0.105. The van der Waals surface area contributed by atoms with Crippen molar-refractivity contribution in [2.45, 2.75) is 13.5 Å². The first kappa shape index (κ1) is 17.7. The van der Waals surface area contributed by atoms with E-state index < -0.39 is 4.92 Å². The van der Waals surface area contributed by atoms with Crippen LogP contribution in [0.5, 0.6) is 5.75 Å². The molecule has 0 aliphatic rings. The average Bonchev–Trinajstić information content (AvgIpc) is 3.01. The molecular weight excluding hydrogens is 356 g/mol. The zero-order chi connectivity index (χ0) is 18.5. The van der Waals surface area contributed by atoms with Crippen molar-refractivity contribution >= 4 is 29.4 Å². The monoisotopic (exact) mass is 370 g/mol. The van der Waals surface area contributed by atoms with E-state index in [1.54, 1.807) is 12.1 Å². The summed E-state index contributed by atoms with van der Waals surface area (Å²) in [7, 11) is 0. The Morgan fingerprint density at radius 2 is 1.92 bits per heavy atom. The Bertz CT molecular complexity index is 966. The van der Waals surface area contributed by atoms with Crippen LogP contribution in [0.15, 0.2) is 53.1 Å². The third kappa shape index (κ3) is 3.92. The van der Waals surface area contributed by atoms with E-state index in [4.69, 9.17) is 20.9 Å². The molecule has 0 saturated heterocycles. The Hall–Kier alpha value is -3.12. The molecule has 0 N–H and O–H groups in total. The van der Waals surface area contributed by atoms with Gasteiger partial charge in [0, 0.05) is 16.1 Å². The quantitative estimate of drug-likeness (QED) is 0.435. The first-order valence-electron chi connectivity index (χ1n) is 7.80. The third-order valence-corrected chi connectivity index (χ3v) is 4.08. The lowest BCUT2D eigenvalue weighted by Crippen LogP contribution is -1.97. The number of para-hydroxylation sites is 1. The number of halogens is 1. The van der Waals surface area contributed by atoms with E-state index in [1.807, 2.05) is 42.5 Å². The standard InChI is InChI=1S/C19H15ClN2O4/c1-13-19(22(23)24)18(26-21-13)11-10-14-6-3-5-9-17(14)25-12-15-7-2-4-8-16(15)20/h2-11H,12H2,1H3/b11-10-. The van der Waals surface area contributed by atoms with Gasteiger partial charge in [-0.3, -0.25) is 10.1 Å². The van der Waals surface area contributed by atoms with Crippen molar-refractivity contribution in [3.63, 3.8) is 0 Å². The molecule has 26 heavy (non-hydrogen) atoms. The highest BCUT2D eigenvalue weighted by Gasteiger charge is 2.22. The number of ether oxygens (including phenoxy) is 1. The molecule has 0 radical (unpaired) electrons. The number of hydrogen-bond acceptors (Lipinski definition) is 5. The topological polar surface area (TPSA) is 78.4 Å². The third-order valence-electron chi connectivity index (χ3n) is 3.71. The van der Waals surface area contributed by atoms with Crippen molar-refractivity contribution in [1.29, 1.82) is 0 Å². The Balaban J connectivity index is 1.82. The summed E-state index contributed by atoms with van der Waals surface area (Å²) in [6.07, 6.45) is 3.20. The number of nitrogens with zero attached hydrogens (tertiary/aromatic N) is 2. The highest BCUT2D eigenvalue weighted by Crippen LogP contribution is 2.27. The number of aromatic nitrogens is 1. The van der Waals surface area contributed by atoms with Gasteiger partial charge in [0.1, 0.15) is 12.4 Å². The molecule has 0 unspecified atom stereocenters. The van der Waals surface area contributed by atoms with Gasteiger partial charge in [-0.15, -0.1) is 0 Å². The molecule has 132 valence electrons. The van der Waals surface area contributed by atoms with Crippen LogP contribution in [0.25, 0.3) is 12.2 Å². The van der Waals surface area contributed by atoms with Crippen molar-refractivity contribution in [2.24, 2.45) is 0 Å². The summed E-state index contributed by atoms with van der Waals surface area (Å²) in [4.78, 5) is 10.6. The summed E-state index contributed by atoms with van der Waals surface area (Å²) >= 11 is 6.14. The molecule has 0 aliphatic carbocycles. The van der Waals surface area contributed by atoms with Gasteiger partial charge < -0.3 is 9.26 Å². The van der Waals surface area contributed by atoms with Crippen LogP contribution in [0.4, 0.5) is 5.69 Å². The van der Waals surface area contributed by atoms with Gasteiger partial charge in [0.25, 0.3) is 0 Å². The first-order chi connectivity index (χ1) is 12.6. The molecule has 3 aromatic rings. The minimum atomic E-state index is -0.509. The number of benzene rings is 2. The lowest BCUT2D eigenvalue weighted by atomic mass is 10.1. The van der Waals surface area contributed by atoms with E-state index in [0.29, 0.717) is 17.4 Å². The maximum absolute atomic E-state index is 11.1. The minimum Gasteiger partial charge on any atom is -0.488 e. The summed E-state index contributed by atoms with van der Waals surface area (Å²) in [5, 5.41) is 15.4. The van der Waals surface area contributed by atoms with E-state index in [2.05, 4.69) is 5.16 Å². The summed E-state index contributed by atoms with van der Waals surface area (Å²) in [5.74, 6) is 0.718. The molecule has 1 heterocycles. The summed E-state index contributed by atoms with van der Waals surface area (Å²) in [5.41, 5.74) is 1.71. The summed E-state index contributed by atoms with van der Waals surface area (Å²) in [6, 6.07) is 14.8. The smallest absolute Gasteiger partial charge is 0.338 e. The predicted octanol–water partition coefficient (Wildman–Crippen LogP) is 5.29. The maximum atomic E-state index is 11.1. The van der Waals surface area contributed by atoms with Crippen LogP contribution in [0.1, 0.15) is 22.6 Å². The van der Waals surface area contributed by atoms with Crippen LogP contribution < -0.4 is 4.74 Å². The van der Waals surface area contributed by atoms with E-state index in [0.717, 1.165) is 11.1 Å². The van der Waals surface area contributed by atoms with Crippen LogP contribution in [-0.4, -0.2) is 10.1 Å². The second-order valence-corrected chi connectivity index (χ2v) is 5.90. The van der Waals surface area contributed by atoms with Crippen LogP contribution in [0, 0.1) is 17.0 Å². The molecule has 0 aliphatic heterocycles. The lowest BCUT2D eigenvalue weighted by Gasteiger charge is -2.10. The van der Waals surface area contributed by atoms with Crippen molar-refractivity contribution in [3.8, 4) is 5.75 Å². The van der Waals surface area contributed by atoms with Gasteiger partial charge in [-0.25, -0.2) is 0 Å². The number of nitro groups is 1. The normalized spacial score (nSPS) is 11.0. The Kier molecular flexibility index (Phi) is 5.34.